The minimum atomic E-state index is -0.634. The molecule has 0 spiro atoms. The Balaban J connectivity index is 1.75. The lowest BCUT2D eigenvalue weighted by molar-refractivity contribution is -0.0383. The van der Waals surface area contributed by atoms with Crippen LogP contribution < -0.4 is 0 Å². The summed E-state index contributed by atoms with van der Waals surface area (Å²) in [6.45, 7) is 7.55. The fourth-order valence-electron chi connectivity index (χ4n) is 2.35. The third-order valence-electron chi connectivity index (χ3n) is 3.68. The number of piperidine rings is 1. The van der Waals surface area contributed by atoms with E-state index in [4.69, 9.17) is 9.47 Å². The van der Waals surface area contributed by atoms with Crippen LogP contribution in [0.5, 0.6) is 0 Å². The Labute approximate surface area is 114 Å². The molecule has 1 atom stereocenters. The van der Waals surface area contributed by atoms with E-state index in [0.717, 1.165) is 19.4 Å². The summed E-state index contributed by atoms with van der Waals surface area (Å²) in [5.41, 5.74) is -1.10. The van der Waals surface area contributed by atoms with Gasteiger partial charge in [0.15, 0.2) is 0 Å². The third-order valence-corrected chi connectivity index (χ3v) is 3.68. The molecule has 1 N–H and O–H groups in total. The van der Waals surface area contributed by atoms with E-state index in [2.05, 4.69) is 0 Å². The van der Waals surface area contributed by atoms with Crippen molar-refractivity contribution in [3.8, 4) is 0 Å². The Morgan fingerprint density at radius 1 is 1.42 bits per heavy atom. The van der Waals surface area contributed by atoms with Gasteiger partial charge in [-0.25, -0.2) is 4.79 Å². The molecule has 2 rings (SSSR count). The van der Waals surface area contributed by atoms with Gasteiger partial charge in [-0.3, -0.25) is 0 Å². The molecule has 0 aromatic heterocycles. The van der Waals surface area contributed by atoms with Crippen LogP contribution in [0.15, 0.2) is 0 Å². The molecular formula is C14H25NO4. The molecule has 0 saturated carbocycles. The number of rotatable bonds is 3. The molecule has 1 unspecified atom stereocenters. The number of epoxide rings is 1. The predicted molar refractivity (Wildman–Crippen MR) is 71.0 cm³/mol. The van der Waals surface area contributed by atoms with Crippen molar-refractivity contribution in [3.05, 3.63) is 0 Å². The summed E-state index contributed by atoms with van der Waals surface area (Å²) in [6, 6.07) is 0. The monoisotopic (exact) mass is 271 g/mol. The topological polar surface area (TPSA) is 62.3 Å². The number of carbonyl (C=O) groups is 1. The van der Waals surface area contributed by atoms with Crippen molar-refractivity contribution in [2.75, 3.05) is 19.7 Å². The van der Waals surface area contributed by atoms with E-state index in [-0.39, 0.29) is 6.09 Å². The third kappa shape index (κ3) is 4.66. The number of carbonyl (C=O) groups excluding carboxylic acids is 1. The highest BCUT2D eigenvalue weighted by molar-refractivity contribution is 5.68. The molecule has 0 aromatic carbocycles. The largest absolute Gasteiger partial charge is 0.444 e. The summed E-state index contributed by atoms with van der Waals surface area (Å²) in [5, 5.41) is 10.4. The zero-order chi connectivity index (χ0) is 14.1. The Morgan fingerprint density at radius 2 is 2.00 bits per heavy atom. The van der Waals surface area contributed by atoms with Crippen molar-refractivity contribution in [1.82, 2.24) is 4.90 Å². The van der Waals surface area contributed by atoms with Gasteiger partial charge < -0.3 is 19.5 Å². The van der Waals surface area contributed by atoms with E-state index < -0.39 is 11.2 Å². The first-order chi connectivity index (χ1) is 8.77. The Kier molecular flexibility index (Phi) is 4.06. The highest BCUT2D eigenvalue weighted by Crippen LogP contribution is 2.30. The van der Waals surface area contributed by atoms with Crippen LogP contribution in [0.1, 0.15) is 46.5 Å². The molecule has 1 amide bonds. The van der Waals surface area contributed by atoms with Gasteiger partial charge in [-0.1, -0.05) is 0 Å². The standard InChI is InChI=1S/C14H25NO4/c1-13(2,3)19-12(16)15-8-6-14(17,7-9-15)5-4-11-10-18-11/h11,17H,4-10H2,1-3H3. The molecule has 0 radical (unpaired) electrons. The first-order valence-electron chi connectivity index (χ1n) is 7.09. The van der Waals surface area contributed by atoms with Crippen molar-refractivity contribution < 1.29 is 19.4 Å². The summed E-state index contributed by atoms with van der Waals surface area (Å²) in [6.07, 6.45) is 3.01. The summed E-state index contributed by atoms with van der Waals surface area (Å²) in [5.74, 6) is 0. The highest BCUT2D eigenvalue weighted by Gasteiger charge is 2.36. The lowest BCUT2D eigenvalue weighted by Gasteiger charge is -2.38. The van der Waals surface area contributed by atoms with Crippen LogP contribution in [-0.4, -0.2) is 53.1 Å². The van der Waals surface area contributed by atoms with Crippen LogP contribution in [0.25, 0.3) is 0 Å². The Bertz CT molecular complexity index is 325. The van der Waals surface area contributed by atoms with Crippen LogP contribution in [0, 0.1) is 0 Å². The minimum absolute atomic E-state index is 0.278. The second-order valence-electron chi connectivity index (χ2n) is 6.69. The van der Waals surface area contributed by atoms with E-state index in [0.29, 0.717) is 32.0 Å². The number of nitrogens with zero attached hydrogens (tertiary/aromatic N) is 1. The molecular weight excluding hydrogens is 246 g/mol. The molecule has 5 nitrogen and oxygen atoms in total. The lowest BCUT2D eigenvalue weighted by atomic mass is 9.86. The van der Waals surface area contributed by atoms with Gasteiger partial charge in [0, 0.05) is 13.1 Å². The maximum Gasteiger partial charge on any atom is 0.410 e. The molecule has 19 heavy (non-hydrogen) atoms. The van der Waals surface area contributed by atoms with Crippen molar-refractivity contribution >= 4 is 6.09 Å². The second-order valence-corrected chi connectivity index (χ2v) is 6.69. The van der Waals surface area contributed by atoms with E-state index >= 15 is 0 Å². The van der Waals surface area contributed by atoms with E-state index in [9.17, 15) is 9.90 Å². The summed E-state index contributed by atoms with van der Waals surface area (Å²) >= 11 is 0. The average molecular weight is 271 g/mol. The summed E-state index contributed by atoms with van der Waals surface area (Å²) in [7, 11) is 0. The van der Waals surface area contributed by atoms with Crippen molar-refractivity contribution in [2.24, 2.45) is 0 Å². The van der Waals surface area contributed by atoms with Gasteiger partial charge in [0.2, 0.25) is 0 Å². The van der Waals surface area contributed by atoms with Crippen molar-refractivity contribution in [3.63, 3.8) is 0 Å². The van der Waals surface area contributed by atoms with Crippen molar-refractivity contribution in [2.45, 2.75) is 63.8 Å². The summed E-state index contributed by atoms with van der Waals surface area (Å²) < 4.78 is 10.5. The number of likely N-dealkylation sites (tertiary alicyclic amines) is 1. The van der Waals surface area contributed by atoms with Gasteiger partial charge >= 0.3 is 6.09 Å². The fraction of sp³-hybridized carbons (Fsp3) is 0.929. The molecule has 0 aliphatic carbocycles. The molecule has 2 aliphatic heterocycles. The van der Waals surface area contributed by atoms with E-state index in [1.807, 2.05) is 20.8 Å². The Morgan fingerprint density at radius 3 is 2.47 bits per heavy atom. The molecule has 2 saturated heterocycles. The maximum atomic E-state index is 11.9. The average Bonchev–Trinajstić information content (AvgIpc) is 3.09. The molecule has 2 aliphatic rings. The maximum absolute atomic E-state index is 11.9. The zero-order valence-electron chi connectivity index (χ0n) is 12.1. The van der Waals surface area contributed by atoms with E-state index in [1.165, 1.54) is 0 Å². The first kappa shape index (κ1) is 14.6. The van der Waals surface area contributed by atoms with Crippen LogP contribution in [0.3, 0.4) is 0 Å². The molecule has 110 valence electrons. The molecule has 0 bridgehead atoms. The van der Waals surface area contributed by atoms with Crippen LogP contribution in [-0.2, 0) is 9.47 Å². The van der Waals surface area contributed by atoms with Crippen LogP contribution >= 0.6 is 0 Å². The van der Waals surface area contributed by atoms with E-state index in [1.54, 1.807) is 4.90 Å². The lowest BCUT2D eigenvalue weighted by Crippen LogP contribution is -2.48. The molecule has 0 aromatic rings. The SMILES string of the molecule is CC(C)(C)OC(=O)N1CCC(O)(CCC2CO2)CC1. The molecule has 2 heterocycles. The predicted octanol–water partition coefficient (Wildman–Crippen LogP) is 1.93. The zero-order valence-corrected chi connectivity index (χ0v) is 12.1. The smallest absolute Gasteiger partial charge is 0.410 e. The number of hydrogen-bond donors (Lipinski definition) is 1. The van der Waals surface area contributed by atoms with Gasteiger partial charge in [0.1, 0.15) is 5.60 Å². The molecule has 2 fully saturated rings. The van der Waals surface area contributed by atoms with Crippen LogP contribution in [0.4, 0.5) is 4.79 Å². The minimum Gasteiger partial charge on any atom is -0.444 e. The van der Waals surface area contributed by atoms with Gasteiger partial charge in [-0.05, 0) is 46.5 Å². The first-order valence-corrected chi connectivity index (χ1v) is 7.09. The van der Waals surface area contributed by atoms with Gasteiger partial charge in [-0.15, -0.1) is 0 Å². The fourth-order valence-corrected chi connectivity index (χ4v) is 2.35. The number of amides is 1. The number of aliphatic hydroxyl groups is 1. The molecule has 5 heteroatoms. The van der Waals surface area contributed by atoms with Gasteiger partial charge in [-0.2, -0.15) is 0 Å². The van der Waals surface area contributed by atoms with Gasteiger partial charge in [0.25, 0.3) is 0 Å². The second kappa shape index (κ2) is 5.29. The number of ether oxygens (including phenoxy) is 2. The number of hydrogen-bond acceptors (Lipinski definition) is 4. The van der Waals surface area contributed by atoms with Crippen LogP contribution in [0.2, 0.25) is 0 Å². The highest BCUT2D eigenvalue weighted by atomic mass is 16.6. The van der Waals surface area contributed by atoms with Gasteiger partial charge in [0.05, 0.1) is 18.3 Å². The normalized spacial score (nSPS) is 26.1. The van der Waals surface area contributed by atoms with Crippen molar-refractivity contribution in [1.29, 1.82) is 0 Å². The Hall–Kier alpha value is -0.810. The quantitative estimate of drug-likeness (QED) is 0.797. The summed E-state index contributed by atoms with van der Waals surface area (Å²) in [4.78, 5) is 13.6.